The Labute approximate surface area is 144 Å². The Morgan fingerprint density at radius 3 is 2.00 bits per heavy atom. The molecule has 24 heavy (non-hydrogen) atoms. The molecular weight excluding hydrogens is 296 g/mol. The lowest BCUT2D eigenvalue weighted by Gasteiger charge is -2.66. The molecule has 6 atom stereocenters. The van der Waals surface area contributed by atoms with E-state index in [4.69, 9.17) is 4.74 Å². The zero-order valence-corrected chi connectivity index (χ0v) is 15.4. The van der Waals surface area contributed by atoms with Crippen LogP contribution in [0.2, 0.25) is 0 Å². The van der Waals surface area contributed by atoms with E-state index in [0.717, 1.165) is 0 Å². The van der Waals surface area contributed by atoms with E-state index in [1.807, 2.05) is 0 Å². The summed E-state index contributed by atoms with van der Waals surface area (Å²) in [5.74, 6) is 1.07. The van der Waals surface area contributed by atoms with Crippen molar-refractivity contribution in [1.82, 2.24) is 0 Å². The molecular formula is C22H26O2. The third kappa shape index (κ3) is 1.16. The monoisotopic (exact) mass is 322 g/mol. The van der Waals surface area contributed by atoms with E-state index in [1.54, 1.807) is 0 Å². The Balaban J connectivity index is 1.85. The largest absolute Gasteiger partial charge is 0.365 e. The van der Waals surface area contributed by atoms with Crippen molar-refractivity contribution in [2.24, 2.45) is 28.1 Å². The highest BCUT2D eigenvalue weighted by Crippen LogP contribution is 2.78. The van der Waals surface area contributed by atoms with Gasteiger partial charge < -0.3 is 4.74 Å². The van der Waals surface area contributed by atoms with Crippen LogP contribution in [0.3, 0.4) is 0 Å². The first-order valence-electron chi connectivity index (χ1n) is 9.16. The first kappa shape index (κ1) is 14.9. The average molecular weight is 322 g/mol. The van der Waals surface area contributed by atoms with Crippen LogP contribution in [0.4, 0.5) is 0 Å². The van der Waals surface area contributed by atoms with Gasteiger partial charge in [0, 0.05) is 22.7 Å². The van der Waals surface area contributed by atoms with E-state index in [9.17, 15) is 4.79 Å². The highest BCUT2D eigenvalue weighted by atomic mass is 16.5. The Kier molecular flexibility index (Phi) is 2.41. The predicted octanol–water partition coefficient (Wildman–Crippen LogP) is 5.02. The van der Waals surface area contributed by atoms with Crippen molar-refractivity contribution in [3.8, 4) is 0 Å². The zero-order valence-electron chi connectivity index (χ0n) is 15.4. The molecule has 1 aromatic rings. The maximum atomic E-state index is 13.6. The SMILES string of the molecule is CC1=C(C)[C@@]2(C)[C@H]3[C@H]([C@H]4O[C@H]3c3ccccc34)[C@]1(C)C(=O)C2(C)C. The van der Waals surface area contributed by atoms with Gasteiger partial charge >= 0.3 is 0 Å². The molecule has 2 aliphatic heterocycles. The summed E-state index contributed by atoms with van der Waals surface area (Å²) in [6.07, 6.45) is 0.208. The minimum Gasteiger partial charge on any atom is -0.365 e. The van der Waals surface area contributed by atoms with Gasteiger partial charge in [-0.05, 0) is 31.9 Å². The molecule has 1 saturated heterocycles. The Morgan fingerprint density at radius 1 is 0.875 bits per heavy atom. The number of hydrogen-bond acceptors (Lipinski definition) is 2. The van der Waals surface area contributed by atoms with Gasteiger partial charge in [0.25, 0.3) is 0 Å². The van der Waals surface area contributed by atoms with E-state index >= 15 is 0 Å². The van der Waals surface area contributed by atoms with E-state index in [0.29, 0.717) is 11.7 Å². The summed E-state index contributed by atoms with van der Waals surface area (Å²) in [4.78, 5) is 13.6. The normalized spacial score (nSPS) is 47.2. The van der Waals surface area contributed by atoms with Gasteiger partial charge in [0.15, 0.2) is 0 Å². The highest BCUT2D eigenvalue weighted by molar-refractivity contribution is 5.97. The van der Waals surface area contributed by atoms with Gasteiger partial charge in [-0.2, -0.15) is 0 Å². The topological polar surface area (TPSA) is 26.3 Å². The number of ether oxygens (including phenoxy) is 1. The fourth-order valence-electron chi connectivity index (χ4n) is 6.96. The number of Topliss-reactive ketones (excluding diaryl/α,β-unsaturated/α-hetero) is 1. The van der Waals surface area contributed by atoms with Crippen molar-refractivity contribution in [1.29, 1.82) is 0 Å². The van der Waals surface area contributed by atoms with E-state index in [-0.39, 0.29) is 29.0 Å². The van der Waals surface area contributed by atoms with Crippen LogP contribution >= 0.6 is 0 Å². The molecule has 2 heteroatoms. The molecule has 5 aliphatic rings. The van der Waals surface area contributed by atoms with Crippen LogP contribution in [-0.4, -0.2) is 5.78 Å². The molecule has 0 spiro atoms. The summed E-state index contributed by atoms with van der Waals surface area (Å²) >= 11 is 0. The van der Waals surface area contributed by atoms with Gasteiger partial charge in [-0.3, -0.25) is 4.79 Å². The summed E-state index contributed by atoms with van der Waals surface area (Å²) in [6, 6.07) is 8.65. The number of benzene rings is 1. The minimum atomic E-state index is -0.400. The number of carbonyl (C=O) groups excluding carboxylic acids is 1. The quantitative estimate of drug-likeness (QED) is 0.627. The van der Waals surface area contributed by atoms with Gasteiger partial charge in [0.2, 0.25) is 0 Å². The first-order chi connectivity index (χ1) is 11.2. The van der Waals surface area contributed by atoms with Crippen molar-refractivity contribution in [2.45, 2.75) is 53.8 Å². The van der Waals surface area contributed by atoms with Gasteiger partial charge in [0.1, 0.15) is 5.78 Å². The van der Waals surface area contributed by atoms with E-state index in [2.05, 4.69) is 65.8 Å². The van der Waals surface area contributed by atoms with Crippen molar-refractivity contribution >= 4 is 5.78 Å². The van der Waals surface area contributed by atoms with Crippen molar-refractivity contribution in [3.63, 3.8) is 0 Å². The lowest BCUT2D eigenvalue weighted by molar-refractivity contribution is -0.167. The molecule has 0 unspecified atom stereocenters. The highest BCUT2D eigenvalue weighted by Gasteiger charge is 2.76. The Hall–Kier alpha value is -1.41. The van der Waals surface area contributed by atoms with Crippen molar-refractivity contribution < 1.29 is 9.53 Å². The molecule has 0 aromatic heterocycles. The van der Waals surface area contributed by atoms with Crippen LogP contribution in [-0.2, 0) is 9.53 Å². The molecule has 0 N–H and O–H groups in total. The summed E-state index contributed by atoms with van der Waals surface area (Å²) in [5, 5.41) is 0. The van der Waals surface area contributed by atoms with Gasteiger partial charge in [-0.25, -0.2) is 0 Å². The molecule has 2 heterocycles. The standard InChI is InChI=1S/C22H26O2/c1-11-12(2)22(6)16-15(21(11,5)19(23)20(22,3)4)17-13-9-7-8-10-14(13)18(16)24-17/h7-10,15-18H,1-6H3/t15-,16+,17+,18+,21-,22+/m1/s1. The van der Waals surface area contributed by atoms with Crippen molar-refractivity contribution in [2.75, 3.05) is 0 Å². The number of ketones is 1. The Morgan fingerprint density at radius 2 is 1.42 bits per heavy atom. The minimum absolute atomic E-state index is 0.0728. The van der Waals surface area contributed by atoms with Gasteiger partial charge in [0.05, 0.1) is 17.6 Å². The number of fused-ring (bicyclic) bond motifs is 6. The van der Waals surface area contributed by atoms with Crippen LogP contribution in [0.15, 0.2) is 35.4 Å². The molecule has 6 rings (SSSR count). The third-order valence-corrected chi connectivity index (χ3v) is 8.73. The average Bonchev–Trinajstić information content (AvgIpc) is 3.13. The number of carbonyl (C=O) groups is 1. The molecule has 2 fully saturated rings. The first-order valence-corrected chi connectivity index (χ1v) is 9.16. The van der Waals surface area contributed by atoms with Gasteiger partial charge in [-0.15, -0.1) is 0 Å². The fourth-order valence-corrected chi connectivity index (χ4v) is 6.96. The second-order valence-electron chi connectivity index (χ2n) is 9.27. The van der Waals surface area contributed by atoms with E-state index < -0.39 is 5.41 Å². The molecule has 0 radical (unpaired) electrons. The van der Waals surface area contributed by atoms with Crippen LogP contribution < -0.4 is 0 Å². The second kappa shape index (κ2) is 3.88. The third-order valence-electron chi connectivity index (χ3n) is 8.73. The van der Waals surface area contributed by atoms with Crippen molar-refractivity contribution in [3.05, 3.63) is 46.5 Å². The number of rotatable bonds is 0. The van der Waals surface area contributed by atoms with Crippen LogP contribution in [0.25, 0.3) is 0 Å². The summed E-state index contributed by atoms with van der Waals surface area (Å²) in [6.45, 7) is 13.3. The fraction of sp³-hybridized carbons (Fsp3) is 0.591. The molecule has 1 saturated carbocycles. The van der Waals surface area contributed by atoms with Crippen LogP contribution in [0.5, 0.6) is 0 Å². The van der Waals surface area contributed by atoms with E-state index in [1.165, 1.54) is 22.3 Å². The molecule has 0 amide bonds. The Bertz CT molecular complexity index is 832. The zero-order chi connectivity index (χ0) is 17.2. The number of hydrogen-bond donors (Lipinski definition) is 0. The smallest absolute Gasteiger partial charge is 0.149 e. The van der Waals surface area contributed by atoms with Crippen LogP contribution in [0.1, 0.15) is 64.9 Å². The summed E-state index contributed by atoms with van der Waals surface area (Å²) in [5.41, 5.74) is 4.50. The molecule has 2 nitrogen and oxygen atoms in total. The summed E-state index contributed by atoms with van der Waals surface area (Å²) < 4.78 is 6.56. The maximum Gasteiger partial charge on any atom is 0.149 e. The number of allylic oxidation sites excluding steroid dienone is 2. The molecule has 3 aliphatic carbocycles. The lowest BCUT2D eigenvalue weighted by Crippen LogP contribution is -2.67. The summed E-state index contributed by atoms with van der Waals surface area (Å²) in [7, 11) is 0. The molecule has 1 aromatic carbocycles. The molecule has 126 valence electrons. The predicted molar refractivity (Wildman–Crippen MR) is 93.4 cm³/mol. The maximum absolute atomic E-state index is 13.6. The lowest BCUT2D eigenvalue weighted by atomic mass is 9.34. The molecule has 4 bridgehead atoms. The van der Waals surface area contributed by atoms with Crippen LogP contribution in [0, 0.1) is 28.1 Å². The van der Waals surface area contributed by atoms with Gasteiger partial charge in [-0.1, -0.05) is 56.2 Å². The second-order valence-corrected chi connectivity index (χ2v) is 9.27.